The van der Waals surface area contributed by atoms with E-state index in [1.807, 2.05) is 0 Å². The Balaban J connectivity index is 2.16. The zero-order valence-electron chi connectivity index (χ0n) is 13.3. The summed E-state index contributed by atoms with van der Waals surface area (Å²) in [5.74, 6) is -0.684. The Hall–Kier alpha value is -2.83. The van der Waals surface area contributed by atoms with Crippen molar-refractivity contribution in [1.29, 1.82) is 0 Å². The van der Waals surface area contributed by atoms with Crippen LogP contribution in [0.5, 0.6) is 0 Å². The molecule has 0 fully saturated rings. The van der Waals surface area contributed by atoms with E-state index in [4.69, 9.17) is 0 Å². The molecule has 3 nitrogen and oxygen atoms in total. The summed E-state index contributed by atoms with van der Waals surface area (Å²) in [6.45, 7) is -0.857. The van der Waals surface area contributed by atoms with Gasteiger partial charge in [0.25, 0.3) is 11.9 Å². The monoisotopic (exact) mass is 353 g/mol. The Labute approximate surface area is 142 Å². The van der Waals surface area contributed by atoms with Gasteiger partial charge in [-0.2, -0.15) is 17.6 Å². The number of para-hydroxylation sites is 1. The second kappa shape index (κ2) is 7.83. The maximum absolute atomic E-state index is 14.0. The van der Waals surface area contributed by atoms with Gasteiger partial charge in [0.1, 0.15) is 5.57 Å². The summed E-state index contributed by atoms with van der Waals surface area (Å²) < 4.78 is 57.9. The van der Waals surface area contributed by atoms with E-state index in [-0.39, 0.29) is 5.56 Å². The fraction of sp³-hybridized carbons (Fsp3) is 0.167. The SMILES string of the molecule is CN(C(=O)CO/C(F)=C(/c1ccccc1)C(F)(F)F)c1ccccc1. The molecule has 0 aliphatic heterocycles. The third-order valence-electron chi connectivity index (χ3n) is 3.38. The molecule has 0 unspecified atom stereocenters. The van der Waals surface area contributed by atoms with Gasteiger partial charge in [-0.3, -0.25) is 4.79 Å². The highest BCUT2D eigenvalue weighted by Crippen LogP contribution is 2.37. The fourth-order valence-corrected chi connectivity index (χ4v) is 2.08. The highest BCUT2D eigenvalue weighted by molar-refractivity contribution is 5.93. The Bertz CT molecular complexity index is 743. The topological polar surface area (TPSA) is 29.5 Å². The second-order valence-electron chi connectivity index (χ2n) is 5.09. The first-order valence-electron chi connectivity index (χ1n) is 7.27. The molecule has 0 spiro atoms. The predicted octanol–water partition coefficient (Wildman–Crippen LogP) is 4.57. The normalized spacial score (nSPS) is 12.4. The molecule has 0 N–H and O–H groups in total. The molecule has 25 heavy (non-hydrogen) atoms. The van der Waals surface area contributed by atoms with Crippen LogP contribution in [0.1, 0.15) is 5.56 Å². The van der Waals surface area contributed by atoms with E-state index in [9.17, 15) is 22.4 Å². The van der Waals surface area contributed by atoms with Gasteiger partial charge in [0.2, 0.25) is 0 Å². The molecule has 0 saturated heterocycles. The van der Waals surface area contributed by atoms with Gasteiger partial charge in [0.05, 0.1) is 0 Å². The minimum absolute atomic E-state index is 0.378. The van der Waals surface area contributed by atoms with E-state index in [1.54, 1.807) is 30.3 Å². The summed E-state index contributed by atoms with van der Waals surface area (Å²) in [7, 11) is 1.42. The van der Waals surface area contributed by atoms with E-state index in [0.717, 1.165) is 12.1 Å². The first-order valence-corrected chi connectivity index (χ1v) is 7.27. The number of halogens is 4. The molecule has 0 saturated carbocycles. The smallest absolute Gasteiger partial charge is 0.422 e. The van der Waals surface area contributed by atoms with Crippen LogP contribution in [-0.2, 0) is 9.53 Å². The molecule has 1 amide bonds. The average molecular weight is 353 g/mol. The lowest BCUT2D eigenvalue weighted by atomic mass is 10.1. The van der Waals surface area contributed by atoms with Gasteiger partial charge in [-0.05, 0) is 17.7 Å². The van der Waals surface area contributed by atoms with Crippen LogP contribution >= 0.6 is 0 Å². The van der Waals surface area contributed by atoms with Crippen molar-refractivity contribution in [2.75, 3.05) is 18.6 Å². The molecule has 0 atom stereocenters. The van der Waals surface area contributed by atoms with Crippen molar-refractivity contribution in [3.63, 3.8) is 0 Å². The number of anilines is 1. The summed E-state index contributed by atoms with van der Waals surface area (Å²) in [6.07, 6.45) is -4.96. The third kappa shape index (κ3) is 4.82. The van der Waals surface area contributed by atoms with Crippen LogP contribution in [0.15, 0.2) is 66.7 Å². The minimum Gasteiger partial charge on any atom is -0.460 e. The lowest BCUT2D eigenvalue weighted by Crippen LogP contribution is -2.30. The molecule has 0 aliphatic carbocycles. The van der Waals surface area contributed by atoms with Crippen molar-refractivity contribution in [2.45, 2.75) is 6.18 Å². The summed E-state index contributed by atoms with van der Waals surface area (Å²) >= 11 is 0. The minimum atomic E-state index is -4.96. The van der Waals surface area contributed by atoms with Crippen LogP contribution in [0, 0.1) is 0 Å². The first kappa shape index (κ1) is 18.5. The number of amides is 1. The fourth-order valence-electron chi connectivity index (χ4n) is 2.08. The van der Waals surface area contributed by atoms with Crippen LogP contribution < -0.4 is 4.90 Å². The zero-order valence-corrected chi connectivity index (χ0v) is 13.3. The van der Waals surface area contributed by atoms with Gasteiger partial charge in [-0.25, -0.2) is 0 Å². The molecule has 2 aromatic rings. The molecular formula is C18H15F4NO2. The number of carbonyl (C=O) groups excluding carboxylic acids is 1. The number of rotatable bonds is 5. The lowest BCUT2D eigenvalue weighted by molar-refractivity contribution is -0.122. The van der Waals surface area contributed by atoms with Crippen LogP contribution in [0.4, 0.5) is 23.2 Å². The Morgan fingerprint density at radius 2 is 1.52 bits per heavy atom. The van der Waals surface area contributed by atoms with Gasteiger partial charge in [-0.15, -0.1) is 0 Å². The number of hydrogen-bond donors (Lipinski definition) is 0. The maximum Gasteiger partial charge on any atom is 0.422 e. The molecule has 2 aromatic carbocycles. The summed E-state index contributed by atoms with van der Waals surface area (Å²) in [6, 6.07) is 13.0. The highest BCUT2D eigenvalue weighted by Gasteiger charge is 2.39. The number of likely N-dealkylation sites (N-methyl/N-ethyl adjacent to an activating group) is 1. The van der Waals surface area contributed by atoms with Crippen molar-refractivity contribution >= 4 is 17.2 Å². The van der Waals surface area contributed by atoms with Crippen molar-refractivity contribution in [3.8, 4) is 0 Å². The van der Waals surface area contributed by atoms with E-state index < -0.39 is 30.3 Å². The molecule has 0 aliphatic rings. The second-order valence-corrected chi connectivity index (χ2v) is 5.09. The number of allylic oxidation sites excluding steroid dienone is 1. The summed E-state index contributed by atoms with van der Waals surface area (Å²) in [5, 5.41) is 0. The van der Waals surface area contributed by atoms with E-state index in [2.05, 4.69) is 4.74 Å². The Kier molecular flexibility index (Phi) is 5.80. The van der Waals surface area contributed by atoms with Gasteiger partial charge >= 0.3 is 6.18 Å². The highest BCUT2D eigenvalue weighted by atomic mass is 19.4. The predicted molar refractivity (Wildman–Crippen MR) is 86.3 cm³/mol. The largest absolute Gasteiger partial charge is 0.460 e. The third-order valence-corrected chi connectivity index (χ3v) is 3.38. The van der Waals surface area contributed by atoms with Crippen molar-refractivity contribution in [3.05, 3.63) is 72.2 Å². The molecule has 2 rings (SSSR count). The Morgan fingerprint density at radius 1 is 1.00 bits per heavy atom. The van der Waals surface area contributed by atoms with Crippen LogP contribution in [-0.4, -0.2) is 25.7 Å². The molecular weight excluding hydrogens is 338 g/mol. The number of carbonyl (C=O) groups is 1. The zero-order chi connectivity index (χ0) is 18.4. The number of benzene rings is 2. The van der Waals surface area contributed by atoms with E-state index >= 15 is 0 Å². The van der Waals surface area contributed by atoms with Gasteiger partial charge in [-0.1, -0.05) is 48.5 Å². The molecule has 7 heteroatoms. The maximum atomic E-state index is 14.0. The molecule has 0 heterocycles. The number of alkyl halides is 3. The number of nitrogens with zero attached hydrogens (tertiary/aromatic N) is 1. The van der Waals surface area contributed by atoms with Crippen molar-refractivity contribution in [2.24, 2.45) is 0 Å². The molecule has 0 radical (unpaired) electrons. The van der Waals surface area contributed by atoms with Crippen molar-refractivity contribution in [1.82, 2.24) is 0 Å². The quantitative estimate of drug-likeness (QED) is 0.582. The Morgan fingerprint density at radius 3 is 2.04 bits per heavy atom. The lowest BCUT2D eigenvalue weighted by Gasteiger charge is -2.18. The molecule has 0 bridgehead atoms. The van der Waals surface area contributed by atoms with Crippen molar-refractivity contribution < 1.29 is 27.1 Å². The first-order chi connectivity index (χ1) is 11.8. The van der Waals surface area contributed by atoms with Crippen LogP contribution in [0.25, 0.3) is 5.57 Å². The van der Waals surface area contributed by atoms with Crippen LogP contribution in [0.3, 0.4) is 0 Å². The number of ether oxygens (including phenoxy) is 1. The number of hydrogen-bond acceptors (Lipinski definition) is 2. The summed E-state index contributed by atoms with van der Waals surface area (Å²) in [5.41, 5.74) is -1.42. The van der Waals surface area contributed by atoms with E-state index in [1.165, 1.54) is 30.1 Å². The molecule has 132 valence electrons. The molecule has 0 aromatic heterocycles. The van der Waals surface area contributed by atoms with Crippen LogP contribution in [0.2, 0.25) is 0 Å². The van der Waals surface area contributed by atoms with Gasteiger partial charge in [0, 0.05) is 12.7 Å². The van der Waals surface area contributed by atoms with Gasteiger partial charge in [0.15, 0.2) is 6.61 Å². The standard InChI is InChI=1S/C18H15F4NO2/c1-23(14-10-6-3-7-11-14)15(24)12-25-17(19)16(18(20,21)22)13-8-4-2-5-9-13/h2-11H,12H2,1H3/b17-16-. The van der Waals surface area contributed by atoms with Gasteiger partial charge < -0.3 is 9.64 Å². The summed E-state index contributed by atoms with van der Waals surface area (Å²) in [4.78, 5) is 13.2. The van der Waals surface area contributed by atoms with E-state index in [0.29, 0.717) is 5.69 Å². The average Bonchev–Trinajstić information content (AvgIpc) is 2.59.